The van der Waals surface area contributed by atoms with Crippen molar-refractivity contribution in [1.29, 1.82) is 0 Å². The maximum absolute atomic E-state index is 13.6. The first-order valence-corrected chi connectivity index (χ1v) is 12.2. The molecule has 0 atom stereocenters. The smallest absolute Gasteiger partial charge is 0.322 e. The molecular formula is C31H31N3O. The van der Waals surface area contributed by atoms with Crippen molar-refractivity contribution in [2.75, 3.05) is 5.32 Å². The first-order chi connectivity index (χ1) is 17.0. The van der Waals surface area contributed by atoms with Crippen LogP contribution in [0.4, 0.5) is 10.5 Å². The molecule has 2 amide bonds. The number of benzene rings is 4. The van der Waals surface area contributed by atoms with Crippen LogP contribution in [0.5, 0.6) is 0 Å². The summed E-state index contributed by atoms with van der Waals surface area (Å²) in [4.78, 5) is 15.5. The van der Waals surface area contributed by atoms with Crippen LogP contribution in [0, 0.1) is 13.8 Å². The zero-order valence-corrected chi connectivity index (χ0v) is 20.6. The predicted octanol–water partition coefficient (Wildman–Crippen LogP) is 7.67. The highest BCUT2D eigenvalue weighted by Crippen LogP contribution is 2.30. The molecule has 0 spiro atoms. The molecule has 0 aliphatic rings. The van der Waals surface area contributed by atoms with E-state index in [0.29, 0.717) is 13.1 Å². The number of para-hydroxylation sites is 2. The van der Waals surface area contributed by atoms with Gasteiger partial charge in [-0.25, -0.2) is 4.79 Å². The van der Waals surface area contributed by atoms with E-state index in [0.717, 1.165) is 34.5 Å². The Morgan fingerprint density at radius 1 is 0.743 bits per heavy atom. The minimum Gasteiger partial charge on any atom is -0.341 e. The monoisotopic (exact) mass is 461 g/mol. The Kier molecular flexibility index (Phi) is 6.28. The van der Waals surface area contributed by atoms with Gasteiger partial charge in [-0.1, -0.05) is 72.8 Å². The van der Waals surface area contributed by atoms with Crippen LogP contribution in [-0.4, -0.2) is 15.5 Å². The van der Waals surface area contributed by atoms with E-state index < -0.39 is 0 Å². The van der Waals surface area contributed by atoms with E-state index in [1.807, 2.05) is 55.1 Å². The predicted molar refractivity (Wildman–Crippen MR) is 146 cm³/mol. The topological polar surface area (TPSA) is 37.3 Å². The SMILES string of the molecule is CCn1c2ccccc2c2cc(CN(Cc3ccccc3)C(=O)Nc3c(C)cccc3C)ccc21. The number of amides is 2. The molecular weight excluding hydrogens is 430 g/mol. The molecule has 176 valence electrons. The van der Waals surface area contributed by atoms with E-state index in [9.17, 15) is 4.79 Å². The number of aromatic nitrogens is 1. The fourth-order valence-electron chi connectivity index (χ4n) is 4.96. The summed E-state index contributed by atoms with van der Waals surface area (Å²) in [5.41, 5.74) is 7.70. The molecule has 1 N–H and O–H groups in total. The van der Waals surface area contributed by atoms with Crippen molar-refractivity contribution in [2.45, 2.75) is 40.4 Å². The summed E-state index contributed by atoms with van der Waals surface area (Å²) < 4.78 is 2.35. The second-order valence-corrected chi connectivity index (χ2v) is 9.15. The number of hydrogen-bond acceptors (Lipinski definition) is 1. The molecule has 1 aromatic heterocycles. The molecule has 1 heterocycles. The number of carbonyl (C=O) groups is 1. The van der Waals surface area contributed by atoms with E-state index in [1.54, 1.807) is 0 Å². The van der Waals surface area contributed by atoms with Crippen LogP contribution < -0.4 is 5.32 Å². The molecule has 4 nitrogen and oxygen atoms in total. The van der Waals surface area contributed by atoms with Gasteiger partial charge in [0.05, 0.1) is 0 Å². The van der Waals surface area contributed by atoms with E-state index in [2.05, 4.69) is 71.4 Å². The normalized spacial score (nSPS) is 11.2. The zero-order chi connectivity index (χ0) is 24.4. The second-order valence-electron chi connectivity index (χ2n) is 9.15. The number of hydrogen-bond donors (Lipinski definition) is 1. The van der Waals surface area contributed by atoms with Gasteiger partial charge in [0.15, 0.2) is 0 Å². The third kappa shape index (κ3) is 4.52. The quantitative estimate of drug-likeness (QED) is 0.277. The van der Waals surface area contributed by atoms with Gasteiger partial charge in [0.1, 0.15) is 0 Å². The Labute approximate surface area is 206 Å². The van der Waals surface area contributed by atoms with Gasteiger partial charge < -0.3 is 14.8 Å². The van der Waals surface area contributed by atoms with Crippen molar-refractivity contribution in [3.05, 3.63) is 113 Å². The van der Waals surface area contributed by atoms with Crippen LogP contribution in [0.15, 0.2) is 91.0 Å². The van der Waals surface area contributed by atoms with E-state index in [4.69, 9.17) is 0 Å². The molecule has 0 aliphatic carbocycles. The van der Waals surface area contributed by atoms with Gasteiger partial charge in [-0.05, 0) is 61.2 Å². The average Bonchev–Trinajstić information content (AvgIpc) is 3.19. The molecule has 0 radical (unpaired) electrons. The Morgan fingerprint density at radius 3 is 2.14 bits per heavy atom. The van der Waals surface area contributed by atoms with Crippen LogP contribution in [0.3, 0.4) is 0 Å². The molecule has 0 saturated carbocycles. The van der Waals surface area contributed by atoms with Gasteiger partial charge in [-0.3, -0.25) is 0 Å². The minimum absolute atomic E-state index is 0.0951. The average molecular weight is 462 g/mol. The van der Waals surface area contributed by atoms with Crippen LogP contribution in [0.2, 0.25) is 0 Å². The maximum atomic E-state index is 13.6. The lowest BCUT2D eigenvalue weighted by atomic mass is 10.1. The van der Waals surface area contributed by atoms with Crippen molar-refractivity contribution in [1.82, 2.24) is 9.47 Å². The van der Waals surface area contributed by atoms with Crippen molar-refractivity contribution in [2.24, 2.45) is 0 Å². The van der Waals surface area contributed by atoms with Crippen LogP contribution in [-0.2, 0) is 19.6 Å². The van der Waals surface area contributed by atoms with Crippen molar-refractivity contribution in [3.8, 4) is 0 Å². The molecule has 4 heteroatoms. The number of carbonyl (C=O) groups excluding carboxylic acids is 1. The van der Waals surface area contributed by atoms with Gasteiger partial charge >= 0.3 is 6.03 Å². The number of aryl methyl sites for hydroxylation is 3. The maximum Gasteiger partial charge on any atom is 0.322 e. The lowest BCUT2D eigenvalue weighted by Crippen LogP contribution is -2.34. The molecule has 35 heavy (non-hydrogen) atoms. The van der Waals surface area contributed by atoms with Gasteiger partial charge in [0.25, 0.3) is 0 Å². The van der Waals surface area contributed by atoms with E-state index in [1.165, 1.54) is 21.8 Å². The van der Waals surface area contributed by atoms with Gasteiger partial charge in [0.2, 0.25) is 0 Å². The lowest BCUT2D eigenvalue weighted by Gasteiger charge is -2.25. The highest BCUT2D eigenvalue weighted by molar-refractivity contribution is 6.08. The van der Waals surface area contributed by atoms with Gasteiger partial charge in [0, 0.05) is 47.1 Å². The summed E-state index contributed by atoms with van der Waals surface area (Å²) >= 11 is 0. The number of nitrogens with zero attached hydrogens (tertiary/aromatic N) is 2. The summed E-state index contributed by atoms with van der Waals surface area (Å²) in [6, 6.07) is 31.3. The molecule has 5 rings (SSSR count). The Bertz CT molecular complexity index is 1480. The van der Waals surface area contributed by atoms with Crippen molar-refractivity contribution >= 4 is 33.5 Å². The summed E-state index contributed by atoms with van der Waals surface area (Å²) in [5, 5.41) is 5.66. The summed E-state index contributed by atoms with van der Waals surface area (Å²) in [6.07, 6.45) is 0. The number of nitrogens with one attached hydrogen (secondary N) is 1. The molecule has 0 saturated heterocycles. The zero-order valence-electron chi connectivity index (χ0n) is 20.6. The Balaban J connectivity index is 1.50. The molecule has 0 fully saturated rings. The number of urea groups is 1. The second kappa shape index (κ2) is 9.67. The lowest BCUT2D eigenvalue weighted by molar-refractivity contribution is 0.206. The fourth-order valence-corrected chi connectivity index (χ4v) is 4.96. The van der Waals surface area contributed by atoms with Gasteiger partial charge in [-0.15, -0.1) is 0 Å². The summed E-state index contributed by atoms with van der Waals surface area (Å²) in [5.74, 6) is 0. The summed E-state index contributed by atoms with van der Waals surface area (Å²) in [6.45, 7) is 8.21. The Morgan fingerprint density at radius 2 is 1.40 bits per heavy atom. The number of rotatable bonds is 6. The van der Waals surface area contributed by atoms with E-state index in [-0.39, 0.29) is 6.03 Å². The minimum atomic E-state index is -0.0951. The molecule has 0 bridgehead atoms. The van der Waals surface area contributed by atoms with Crippen LogP contribution >= 0.6 is 0 Å². The van der Waals surface area contributed by atoms with Crippen LogP contribution in [0.25, 0.3) is 21.8 Å². The molecule has 0 aliphatic heterocycles. The molecule has 4 aromatic carbocycles. The molecule has 5 aromatic rings. The third-order valence-electron chi connectivity index (χ3n) is 6.74. The summed E-state index contributed by atoms with van der Waals surface area (Å²) in [7, 11) is 0. The number of fused-ring (bicyclic) bond motifs is 3. The standard InChI is InChI=1S/C31H31N3O/c1-4-34-28-16-9-8-15-26(28)27-19-25(17-18-29(27)34)21-33(20-24-13-6-5-7-14-24)31(35)32-30-22(2)11-10-12-23(30)3/h5-19H,4,20-21H2,1-3H3,(H,32,35). The number of anilines is 1. The van der Waals surface area contributed by atoms with E-state index >= 15 is 0 Å². The Hall–Kier alpha value is -4.05. The third-order valence-corrected chi connectivity index (χ3v) is 6.74. The van der Waals surface area contributed by atoms with Crippen molar-refractivity contribution < 1.29 is 4.79 Å². The van der Waals surface area contributed by atoms with Gasteiger partial charge in [-0.2, -0.15) is 0 Å². The van der Waals surface area contributed by atoms with Crippen molar-refractivity contribution in [3.63, 3.8) is 0 Å². The highest BCUT2D eigenvalue weighted by Gasteiger charge is 2.18. The largest absolute Gasteiger partial charge is 0.341 e. The van der Waals surface area contributed by atoms with Crippen LogP contribution in [0.1, 0.15) is 29.2 Å². The highest BCUT2D eigenvalue weighted by atomic mass is 16.2. The first kappa shape index (κ1) is 22.7. The first-order valence-electron chi connectivity index (χ1n) is 12.2. The molecule has 0 unspecified atom stereocenters. The fraction of sp³-hybridized carbons (Fsp3) is 0.194.